The van der Waals surface area contributed by atoms with Crippen molar-refractivity contribution in [3.63, 3.8) is 0 Å². The van der Waals surface area contributed by atoms with Crippen LogP contribution in [0, 0.1) is 5.82 Å². The van der Waals surface area contributed by atoms with Gasteiger partial charge in [0.2, 0.25) is 5.91 Å². The minimum Gasteiger partial charge on any atom is -0.373 e. The SMILES string of the molecule is CC(Nc1ccc(F)cc1Br)C(=O)NC1CCCCC1. The third kappa shape index (κ3) is 4.20. The normalized spacial score (nSPS) is 17.6. The van der Waals surface area contributed by atoms with Crippen LogP contribution in [-0.2, 0) is 4.79 Å². The average molecular weight is 343 g/mol. The molecule has 1 saturated carbocycles. The molecule has 1 atom stereocenters. The van der Waals surface area contributed by atoms with Crippen LogP contribution in [0.2, 0.25) is 0 Å². The van der Waals surface area contributed by atoms with Crippen LogP contribution in [-0.4, -0.2) is 18.0 Å². The molecule has 0 radical (unpaired) electrons. The molecule has 2 rings (SSSR count). The van der Waals surface area contributed by atoms with E-state index in [0.717, 1.165) is 18.5 Å². The molecule has 1 aliphatic carbocycles. The van der Waals surface area contributed by atoms with Gasteiger partial charge in [-0.2, -0.15) is 0 Å². The highest BCUT2D eigenvalue weighted by molar-refractivity contribution is 9.10. The van der Waals surface area contributed by atoms with Gasteiger partial charge in [-0.25, -0.2) is 4.39 Å². The number of hydrogen-bond donors (Lipinski definition) is 2. The number of carbonyl (C=O) groups is 1. The molecule has 1 amide bonds. The average Bonchev–Trinajstić information content (AvgIpc) is 2.43. The summed E-state index contributed by atoms with van der Waals surface area (Å²) >= 11 is 3.29. The van der Waals surface area contributed by atoms with E-state index in [1.165, 1.54) is 31.4 Å². The minimum atomic E-state index is -0.348. The predicted octanol–water partition coefficient (Wildman–Crippen LogP) is 3.84. The lowest BCUT2D eigenvalue weighted by Gasteiger charge is -2.25. The Morgan fingerprint density at radius 2 is 2.05 bits per heavy atom. The molecule has 0 aliphatic heterocycles. The molecule has 0 bridgehead atoms. The van der Waals surface area contributed by atoms with Crippen molar-refractivity contribution >= 4 is 27.5 Å². The van der Waals surface area contributed by atoms with Gasteiger partial charge in [0.05, 0.1) is 0 Å². The number of amides is 1. The molecule has 1 unspecified atom stereocenters. The topological polar surface area (TPSA) is 41.1 Å². The maximum Gasteiger partial charge on any atom is 0.242 e. The molecule has 0 spiro atoms. The minimum absolute atomic E-state index is 0.00637. The monoisotopic (exact) mass is 342 g/mol. The van der Waals surface area contributed by atoms with E-state index in [4.69, 9.17) is 0 Å². The van der Waals surface area contributed by atoms with Crippen molar-refractivity contribution in [2.45, 2.75) is 51.1 Å². The van der Waals surface area contributed by atoms with Crippen LogP contribution in [0.5, 0.6) is 0 Å². The summed E-state index contributed by atoms with van der Waals surface area (Å²) < 4.78 is 13.6. The van der Waals surface area contributed by atoms with E-state index in [-0.39, 0.29) is 17.8 Å². The fraction of sp³-hybridized carbons (Fsp3) is 0.533. The summed E-state index contributed by atoms with van der Waals surface area (Å²) in [6, 6.07) is 4.34. The molecular weight excluding hydrogens is 323 g/mol. The summed E-state index contributed by atoms with van der Waals surface area (Å²) in [5.74, 6) is -0.310. The lowest BCUT2D eigenvalue weighted by molar-refractivity contribution is -0.122. The first-order valence-electron chi connectivity index (χ1n) is 7.08. The van der Waals surface area contributed by atoms with Crippen LogP contribution in [0.1, 0.15) is 39.0 Å². The molecule has 0 saturated heterocycles. The van der Waals surface area contributed by atoms with Crippen molar-refractivity contribution < 1.29 is 9.18 Å². The highest BCUT2D eigenvalue weighted by atomic mass is 79.9. The van der Waals surface area contributed by atoms with Crippen molar-refractivity contribution in [1.29, 1.82) is 0 Å². The van der Waals surface area contributed by atoms with E-state index in [9.17, 15) is 9.18 Å². The van der Waals surface area contributed by atoms with E-state index >= 15 is 0 Å². The molecule has 3 nitrogen and oxygen atoms in total. The van der Waals surface area contributed by atoms with Gasteiger partial charge in [-0.15, -0.1) is 0 Å². The first-order chi connectivity index (χ1) is 9.56. The second-order valence-electron chi connectivity index (χ2n) is 5.33. The fourth-order valence-corrected chi connectivity index (χ4v) is 2.94. The maximum atomic E-state index is 13.0. The molecular formula is C15H20BrFN2O. The van der Waals surface area contributed by atoms with Crippen molar-refractivity contribution in [2.75, 3.05) is 5.32 Å². The number of carbonyl (C=O) groups excluding carboxylic acids is 1. The molecule has 0 aromatic heterocycles. The summed E-state index contributed by atoms with van der Waals surface area (Å²) in [6.07, 6.45) is 5.78. The Morgan fingerprint density at radius 1 is 1.35 bits per heavy atom. The molecule has 0 heterocycles. The number of halogens is 2. The zero-order valence-electron chi connectivity index (χ0n) is 11.6. The van der Waals surface area contributed by atoms with E-state index in [0.29, 0.717) is 10.5 Å². The molecule has 110 valence electrons. The quantitative estimate of drug-likeness (QED) is 0.872. The standard InChI is InChI=1S/C15H20BrFN2O/c1-10(15(20)19-12-5-3-2-4-6-12)18-14-8-7-11(17)9-13(14)16/h7-10,12,18H,2-6H2,1H3,(H,19,20). The summed E-state index contributed by atoms with van der Waals surface area (Å²) in [6.45, 7) is 1.81. The number of hydrogen-bond acceptors (Lipinski definition) is 2. The molecule has 1 aromatic rings. The van der Waals surface area contributed by atoms with E-state index in [2.05, 4.69) is 26.6 Å². The Morgan fingerprint density at radius 3 is 2.70 bits per heavy atom. The Balaban J connectivity index is 1.89. The smallest absolute Gasteiger partial charge is 0.242 e. The maximum absolute atomic E-state index is 13.0. The number of anilines is 1. The predicted molar refractivity (Wildman–Crippen MR) is 82.2 cm³/mol. The summed E-state index contributed by atoms with van der Waals surface area (Å²) in [5, 5.41) is 6.18. The number of rotatable bonds is 4. The third-order valence-corrected chi connectivity index (χ3v) is 4.30. The third-order valence-electron chi connectivity index (χ3n) is 3.65. The molecule has 1 aromatic carbocycles. The van der Waals surface area contributed by atoms with Gasteiger partial charge < -0.3 is 10.6 Å². The number of benzene rings is 1. The van der Waals surface area contributed by atoms with Crippen molar-refractivity contribution in [3.8, 4) is 0 Å². The van der Waals surface area contributed by atoms with Crippen LogP contribution < -0.4 is 10.6 Å². The highest BCUT2D eigenvalue weighted by Gasteiger charge is 2.19. The molecule has 2 N–H and O–H groups in total. The van der Waals surface area contributed by atoms with Gasteiger partial charge >= 0.3 is 0 Å². The molecule has 1 fully saturated rings. The van der Waals surface area contributed by atoms with Crippen LogP contribution >= 0.6 is 15.9 Å². The van der Waals surface area contributed by atoms with Gasteiger partial charge in [0.25, 0.3) is 0 Å². The summed E-state index contributed by atoms with van der Waals surface area (Å²) in [7, 11) is 0. The van der Waals surface area contributed by atoms with E-state index < -0.39 is 0 Å². The lowest BCUT2D eigenvalue weighted by Crippen LogP contribution is -2.44. The second kappa shape index (κ2) is 7.07. The van der Waals surface area contributed by atoms with Gasteiger partial charge in [-0.3, -0.25) is 4.79 Å². The van der Waals surface area contributed by atoms with Gasteiger partial charge in [-0.05, 0) is 53.9 Å². The zero-order chi connectivity index (χ0) is 14.5. The molecule has 1 aliphatic rings. The lowest BCUT2D eigenvalue weighted by atomic mass is 9.95. The molecule has 20 heavy (non-hydrogen) atoms. The van der Waals surface area contributed by atoms with Crippen LogP contribution in [0.15, 0.2) is 22.7 Å². The number of nitrogens with one attached hydrogen (secondary N) is 2. The van der Waals surface area contributed by atoms with Gasteiger partial charge in [0.15, 0.2) is 0 Å². The highest BCUT2D eigenvalue weighted by Crippen LogP contribution is 2.24. The second-order valence-corrected chi connectivity index (χ2v) is 6.19. The van der Waals surface area contributed by atoms with E-state index in [1.807, 2.05) is 6.92 Å². The zero-order valence-corrected chi connectivity index (χ0v) is 13.2. The molecule has 5 heteroatoms. The fourth-order valence-electron chi connectivity index (χ4n) is 2.48. The Hall–Kier alpha value is -1.10. The van der Waals surface area contributed by atoms with Crippen LogP contribution in [0.4, 0.5) is 10.1 Å². The van der Waals surface area contributed by atoms with Gasteiger partial charge in [0, 0.05) is 16.2 Å². The van der Waals surface area contributed by atoms with Crippen LogP contribution in [0.25, 0.3) is 0 Å². The first-order valence-corrected chi connectivity index (χ1v) is 7.87. The van der Waals surface area contributed by atoms with Gasteiger partial charge in [0.1, 0.15) is 11.9 Å². The van der Waals surface area contributed by atoms with Gasteiger partial charge in [-0.1, -0.05) is 19.3 Å². The van der Waals surface area contributed by atoms with Crippen molar-refractivity contribution in [3.05, 3.63) is 28.5 Å². The first kappa shape index (κ1) is 15.3. The van der Waals surface area contributed by atoms with E-state index in [1.54, 1.807) is 6.07 Å². The Kier molecular flexibility index (Phi) is 5.40. The summed E-state index contributed by atoms with van der Waals surface area (Å²) in [4.78, 5) is 12.1. The van der Waals surface area contributed by atoms with Crippen molar-refractivity contribution in [1.82, 2.24) is 5.32 Å². The Labute approximate surface area is 127 Å². The van der Waals surface area contributed by atoms with Crippen molar-refractivity contribution in [2.24, 2.45) is 0 Å². The largest absolute Gasteiger partial charge is 0.373 e. The Bertz CT molecular complexity index is 475. The summed E-state index contributed by atoms with van der Waals surface area (Å²) in [5.41, 5.74) is 0.720. The van der Waals surface area contributed by atoms with Crippen LogP contribution in [0.3, 0.4) is 0 Å².